The molecule has 0 spiro atoms. The van der Waals surface area contributed by atoms with Gasteiger partial charge in [0.1, 0.15) is 5.76 Å². The summed E-state index contributed by atoms with van der Waals surface area (Å²) < 4.78 is 31.9. The molecule has 0 radical (unpaired) electrons. The SMILES string of the molecule is CC(NC(=O)CCC(=O)N1CCN(S(=O)(=O)c2ccccc2)CC1)c1ccco1. The van der Waals surface area contributed by atoms with Crippen LogP contribution in [0.15, 0.2) is 58.0 Å². The normalized spacial score (nSPS) is 16.4. The van der Waals surface area contributed by atoms with Gasteiger partial charge in [-0.05, 0) is 31.2 Å². The number of carbonyl (C=O) groups excluding carboxylic acids is 2. The first-order valence-corrected chi connectivity index (χ1v) is 11.0. The third-order valence-electron chi connectivity index (χ3n) is 4.89. The highest BCUT2D eigenvalue weighted by Crippen LogP contribution is 2.18. The Balaban J connectivity index is 1.45. The molecule has 1 atom stereocenters. The van der Waals surface area contributed by atoms with Crippen LogP contribution < -0.4 is 5.32 Å². The van der Waals surface area contributed by atoms with Crippen molar-refractivity contribution in [2.24, 2.45) is 0 Å². The molecule has 2 aromatic rings. The molecular formula is C20H25N3O5S. The number of carbonyl (C=O) groups is 2. The zero-order valence-electron chi connectivity index (χ0n) is 16.3. The first-order chi connectivity index (χ1) is 13.9. The fraction of sp³-hybridized carbons (Fsp3) is 0.400. The van der Waals surface area contributed by atoms with Crippen molar-refractivity contribution in [3.8, 4) is 0 Å². The summed E-state index contributed by atoms with van der Waals surface area (Å²) in [6, 6.07) is 11.5. The molecule has 1 aliphatic rings. The first-order valence-electron chi connectivity index (χ1n) is 9.53. The highest BCUT2D eigenvalue weighted by molar-refractivity contribution is 7.89. The van der Waals surface area contributed by atoms with Crippen molar-refractivity contribution in [3.63, 3.8) is 0 Å². The van der Waals surface area contributed by atoms with E-state index in [0.29, 0.717) is 18.8 Å². The number of hydrogen-bond acceptors (Lipinski definition) is 5. The van der Waals surface area contributed by atoms with Gasteiger partial charge in [-0.15, -0.1) is 0 Å². The van der Waals surface area contributed by atoms with Gasteiger partial charge in [0.2, 0.25) is 21.8 Å². The fourth-order valence-corrected chi connectivity index (χ4v) is 4.66. The number of hydrogen-bond donors (Lipinski definition) is 1. The van der Waals surface area contributed by atoms with Gasteiger partial charge in [-0.25, -0.2) is 8.42 Å². The topological polar surface area (TPSA) is 99.9 Å². The van der Waals surface area contributed by atoms with Crippen LogP contribution in [0.5, 0.6) is 0 Å². The molecule has 0 bridgehead atoms. The molecule has 1 unspecified atom stereocenters. The Labute approximate surface area is 170 Å². The lowest BCUT2D eigenvalue weighted by atomic mass is 10.2. The standard InChI is InChI=1S/C20H25N3O5S/c1-16(18-8-5-15-28-18)21-19(24)9-10-20(25)22-11-13-23(14-12-22)29(26,27)17-6-3-2-4-7-17/h2-8,15-16H,9-14H2,1H3,(H,21,24). The zero-order chi connectivity index (χ0) is 20.9. The highest BCUT2D eigenvalue weighted by atomic mass is 32.2. The molecule has 1 saturated heterocycles. The van der Waals surface area contributed by atoms with E-state index in [2.05, 4.69) is 5.32 Å². The summed E-state index contributed by atoms with van der Waals surface area (Å²) in [6.45, 7) is 2.92. The largest absolute Gasteiger partial charge is 0.467 e. The van der Waals surface area contributed by atoms with Gasteiger partial charge in [0.05, 0.1) is 17.2 Å². The van der Waals surface area contributed by atoms with Crippen LogP contribution >= 0.6 is 0 Å². The Morgan fingerprint density at radius 1 is 1.03 bits per heavy atom. The van der Waals surface area contributed by atoms with Gasteiger partial charge >= 0.3 is 0 Å². The van der Waals surface area contributed by atoms with Crippen LogP contribution in [0.4, 0.5) is 0 Å². The molecular weight excluding hydrogens is 394 g/mol. The Kier molecular flexibility index (Phi) is 6.71. The number of furan rings is 1. The van der Waals surface area contributed by atoms with Gasteiger partial charge in [0, 0.05) is 39.0 Å². The molecule has 1 aromatic heterocycles. The van der Waals surface area contributed by atoms with Crippen molar-refractivity contribution in [3.05, 3.63) is 54.5 Å². The van der Waals surface area contributed by atoms with Crippen molar-refractivity contribution >= 4 is 21.8 Å². The summed E-state index contributed by atoms with van der Waals surface area (Å²) >= 11 is 0. The number of amides is 2. The average Bonchev–Trinajstić information content (AvgIpc) is 3.28. The summed E-state index contributed by atoms with van der Waals surface area (Å²) in [5.41, 5.74) is 0. The van der Waals surface area contributed by atoms with Crippen LogP contribution in [-0.2, 0) is 19.6 Å². The molecule has 2 amide bonds. The van der Waals surface area contributed by atoms with E-state index in [1.165, 1.54) is 4.31 Å². The van der Waals surface area contributed by atoms with Gasteiger partial charge in [0.25, 0.3) is 0 Å². The second-order valence-corrected chi connectivity index (χ2v) is 8.84. The van der Waals surface area contributed by atoms with Gasteiger partial charge in [-0.1, -0.05) is 18.2 Å². The molecule has 8 nitrogen and oxygen atoms in total. The number of nitrogens with one attached hydrogen (secondary N) is 1. The van der Waals surface area contributed by atoms with E-state index in [1.807, 2.05) is 6.92 Å². The fourth-order valence-electron chi connectivity index (χ4n) is 3.22. The summed E-state index contributed by atoms with van der Waals surface area (Å²) in [7, 11) is -3.55. The van der Waals surface area contributed by atoms with Crippen LogP contribution in [-0.4, -0.2) is 55.6 Å². The Hall–Kier alpha value is -2.65. The van der Waals surface area contributed by atoms with Crippen molar-refractivity contribution < 1.29 is 22.4 Å². The van der Waals surface area contributed by atoms with Gasteiger partial charge < -0.3 is 14.6 Å². The number of benzene rings is 1. The van der Waals surface area contributed by atoms with E-state index in [4.69, 9.17) is 4.42 Å². The van der Waals surface area contributed by atoms with Crippen molar-refractivity contribution in [2.45, 2.75) is 30.7 Å². The summed E-state index contributed by atoms with van der Waals surface area (Å²) in [6.07, 6.45) is 1.70. The quantitative estimate of drug-likeness (QED) is 0.737. The van der Waals surface area contributed by atoms with Crippen LogP contribution in [0, 0.1) is 0 Å². The Morgan fingerprint density at radius 2 is 1.72 bits per heavy atom. The van der Waals surface area contributed by atoms with E-state index in [9.17, 15) is 18.0 Å². The average molecular weight is 420 g/mol. The molecule has 9 heteroatoms. The second-order valence-electron chi connectivity index (χ2n) is 6.90. The lowest BCUT2D eigenvalue weighted by molar-refractivity contribution is -0.134. The summed E-state index contributed by atoms with van der Waals surface area (Å²) in [5.74, 6) is 0.274. The predicted molar refractivity (Wildman–Crippen MR) is 106 cm³/mol. The predicted octanol–water partition coefficient (Wildman–Crippen LogP) is 1.77. The third-order valence-corrected chi connectivity index (χ3v) is 6.80. The third kappa shape index (κ3) is 5.24. The summed E-state index contributed by atoms with van der Waals surface area (Å²) in [5, 5.41) is 2.79. The number of piperazine rings is 1. The Bertz CT molecular complexity index is 920. The van der Waals surface area contributed by atoms with Gasteiger partial charge in [-0.3, -0.25) is 9.59 Å². The molecule has 29 heavy (non-hydrogen) atoms. The molecule has 1 aliphatic heterocycles. The van der Waals surface area contributed by atoms with E-state index in [1.54, 1.807) is 53.6 Å². The minimum atomic E-state index is -3.55. The molecule has 0 saturated carbocycles. The smallest absolute Gasteiger partial charge is 0.243 e. The molecule has 156 valence electrons. The van der Waals surface area contributed by atoms with Crippen LogP contribution in [0.2, 0.25) is 0 Å². The number of nitrogens with zero attached hydrogens (tertiary/aromatic N) is 2. The van der Waals surface area contributed by atoms with Crippen molar-refractivity contribution in [2.75, 3.05) is 26.2 Å². The van der Waals surface area contributed by atoms with Gasteiger partial charge in [-0.2, -0.15) is 4.31 Å². The molecule has 0 aliphatic carbocycles. The zero-order valence-corrected chi connectivity index (χ0v) is 17.1. The second kappa shape index (κ2) is 9.23. The van der Waals surface area contributed by atoms with Gasteiger partial charge in [0.15, 0.2) is 0 Å². The lowest BCUT2D eigenvalue weighted by Gasteiger charge is -2.34. The molecule has 3 rings (SSSR count). The van der Waals surface area contributed by atoms with Crippen LogP contribution in [0.25, 0.3) is 0 Å². The van der Waals surface area contributed by atoms with E-state index in [0.717, 1.165) is 0 Å². The maximum atomic E-state index is 12.6. The monoisotopic (exact) mass is 419 g/mol. The van der Waals surface area contributed by atoms with Crippen molar-refractivity contribution in [1.29, 1.82) is 0 Å². The van der Waals surface area contributed by atoms with E-state index in [-0.39, 0.29) is 48.7 Å². The lowest BCUT2D eigenvalue weighted by Crippen LogP contribution is -2.50. The maximum absolute atomic E-state index is 12.6. The van der Waals surface area contributed by atoms with E-state index < -0.39 is 10.0 Å². The van der Waals surface area contributed by atoms with Crippen molar-refractivity contribution in [1.82, 2.24) is 14.5 Å². The minimum Gasteiger partial charge on any atom is -0.467 e. The number of rotatable bonds is 7. The van der Waals surface area contributed by atoms with E-state index >= 15 is 0 Å². The van der Waals surface area contributed by atoms with Crippen LogP contribution in [0.3, 0.4) is 0 Å². The first kappa shape index (κ1) is 21.1. The maximum Gasteiger partial charge on any atom is 0.243 e. The van der Waals surface area contributed by atoms with Crippen LogP contribution in [0.1, 0.15) is 31.6 Å². The minimum absolute atomic E-state index is 0.0758. The number of sulfonamides is 1. The molecule has 1 fully saturated rings. The summed E-state index contributed by atoms with van der Waals surface area (Å²) in [4.78, 5) is 26.3. The molecule has 1 N–H and O–H groups in total. The molecule has 1 aromatic carbocycles. The molecule has 2 heterocycles. The Morgan fingerprint density at radius 3 is 2.34 bits per heavy atom. The highest BCUT2D eigenvalue weighted by Gasteiger charge is 2.30.